The highest BCUT2D eigenvalue weighted by Crippen LogP contribution is 2.25. The van der Waals surface area contributed by atoms with Crippen LogP contribution in [0, 0.1) is 6.92 Å². The van der Waals surface area contributed by atoms with E-state index >= 15 is 0 Å². The molecule has 0 atom stereocenters. The van der Waals surface area contributed by atoms with Gasteiger partial charge in [-0.05, 0) is 25.0 Å². The fraction of sp³-hybridized carbons (Fsp3) is 0.400. The molecule has 3 heteroatoms. The number of aryl methyl sites for hydroxylation is 1. The first-order valence-corrected chi connectivity index (χ1v) is 4.40. The second-order valence-corrected chi connectivity index (χ2v) is 3.39. The molecule has 0 aromatic carbocycles. The van der Waals surface area contributed by atoms with Gasteiger partial charge in [0.1, 0.15) is 5.82 Å². The van der Waals surface area contributed by atoms with E-state index in [1.54, 1.807) is 6.08 Å². The summed E-state index contributed by atoms with van der Waals surface area (Å²) in [6.45, 7) is 1.96. The lowest BCUT2D eigenvalue weighted by atomic mass is 10.2. The predicted octanol–water partition coefficient (Wildman–Crippen LogP) is 1.47. The average Bonchev–Trinajstić information content (AvgIpc) is 2.62. The maximum absolute atomic E-state index is 11.0. The molecule has 3 nitrogen and oxygen atoms in total. The van der Waals surface area contributed by atoms with Crippen molar-refractivity contribution >= 4 is 11.4 Å². The lowest BCUT2D eigenvalue weighted by Crippen LogP contribution is -1.96. The summed E-state index contributed by atoms with van der Waals surface area (Å²) >= 11 is 0. The number of hydrogen-bond acceptors (Lipinski definition) is 2. The van der Waals surface area contributed by atoms with Crippen molar-refractivity contribution in [3.05, 3.63) is 23.8 Å². The minimum absolute atomic E-state index is 0.230. The van der Waals surface area contributed by atoms with Gasteiger partial charge < -0.3 is 4.57 Å². The number of nitrogens with zero attached hydrogens (tertiary/aromatic N) is 2. The molecule has 13 heavy (non-hydrogen) atoms. The van der Waals surface area contributed by atoms with Gasteiger partial charge >= 0.3 is 0 Å². The van der Waals surface area contributed by atoms with Crippen LogP contribution in [-0.4, -0.2) is 15.3 Å². The standard InChI is InChI=1S/C10H12N2O/c1-7-11-6-10(12(7)2)8-3-4-9(13)5-8/h5-6H,3-4H2,1-2H3. The van der Waals surface area contributed by atoms with Crippen molar-refractivity contribution in [3.8, 4) is 0 Å². The summed E-state index contributed by atoms with van der Waals surface area (Å²) in [6.07, 6.45) is 5.08. The average molecular weight is 176 g/mol. The highest BCUT2D eigenvalue weighted by atomic mass is 16.1. The maximum atomic E-state index is 11.0. The number of aromatic nitrogens is 2. The zero-order chi connectivity index (χ0) is 9.42. The SMILES string of the molecule is Cc1ncc(C2=CC(=O)CC2)n1C. The van der Waals surface area contributed by atoms with Crippen LogP contribution < -0.4 is 0 Å². The number of imidazole rings is 1. The Labute approximate surface area is 77.1 Å². The Morgan fingerprint density at radius 3 is 2.69 bits per heavy atom. The van der Waals surface area contributed by atoms with Gasteiger partial charge in [0.2, 0.25) is 0 Å². The first-order chi connectivity index (χ1) is 6.18. The molecule has 0 N–H and O–H groups in total. The van der Waals surface area contributed by atoms with Crippen molar-refractivity contribution in [1.82, 2.24) is 9.55 Å². The molecule has 1 aromatic heterocycles. The zero-order valence-corrected chi connectivity index (χ0v) is 7.87. The van der Waals surface area contributed by atoms with Crippen LogP contribution in [0.15, 0.2) is 12.3 Å². The van der Waals surface area contributed by atoms with Crippen molar-refractivity contribution in [2.24, 2.45) is 7.05 Å². The number of carbonyl (C=O) groups is 1. The number of hydrogen-bond donors (Lipinski definition) is 0. The van der Waals surface area contributed by atoms with Gasteiger partial charge in [0.05, 0.1) is 11.9 Å². The fourth-order valence-electron chi connectivity index (χ4n) is 1.60. The molecule has 0 spiro atoms. The largest absolute Gasteiger partial charge is 0.332 e. The lowest BCUT2D eigenvalue weighted by Gasteiger charge is -2.02. The van der Waals surface area contributed by atoms with Gasteiger partial charge in [0.15, 0.2) is 5.78 Å². The van der Waals surface area contributed by atoms with E-state index in [1.807, 2.05) is 24.7 Å². The van der Waals surface area contributed by atoms with Crippen LogP contribution in [-0.2, 0) is 11.8 Å². The molecule has 1 heterocycles. The summed E-state index contributed by atoms with van der Waals surface area (Å²) in [4.78, 5) is 15.2. The molecule has 1 aromatic rings. The van der Waals surface area contributed by atoms with E-state index in [2.05, 4.69) is 4.98 Å². The van der Waals surface area contributed by atoms with Crippen molar-refractivity contribution in [2.75, 3.05) is 0 Å². The Balaban J connectivity index is 2.41. The van der Waals surface area contributed by atoms with Gasteiger partial charge in [0.25, 0.3) is 0 Å². The van der Waals surface area contributed by atoms with Gasteiger partial charge in [0, 0.05) is 13.5 Å². The van der Waals surface area contributed by atoms with E-state index < -0.39 is 0 Å². The van der Waals surface area contributed by atoms with Crippen molar-refractivity contribution < 1.29 is 4.79 Å². The Bertz CT molecular complexity index is 388. The van der Waals surface area contributed by atoms with E-state index in [0.717, 1.165) is 23.5 Å². The number of allylic oxidation sites excluding steroid dienone is 2. The van der Waals surface area contributed by atoms with Crippen molar-refractivity contribution in [3.63, 3.8) is 0 Å². The molecule has 0 saturated heterocycles. The Morgan fingerprint density at radius 2 is 2.23 bits per heavy atom. The molecule has 2 rings (SSSR count). The second-order valence-electron chi connectivity index (χ2n) is 3.39. The molecule has 1 aliphatic carbocycles. The van der Waals surface area contributed by atoms with Crippen molar-refractivity contribution in [1.29, 1.82) is 0 Å². The quantitative estimate of drug-likeness (QED) is 0.649. The summed E-state index contributed by atoms with van der Waals surface area (Å²) < 4.78 is 2.02. The maximum Gasteiger partial charge on any atom is 0.156 e. The summed E-state index contributed by atoms with van der Waals surface area (Å²) in [6, 6.07) is 0. The Morgan fingerprint density at radius 1 is 1.46 bits per heavy atom. The molecule has 0 amide bonds. The zero-order valence-electron chi connectivity index (χ0n) is 7.87. The van der Waals surface area contributed by atoms with E-state index in [4.69, 9.17) is 0 Å². The highest BCUT2D eigenvalue weighted by Gasteiger charge is 2.16. The second kappa shape index (κ2) is 2.83. The molecular weight excluding hydrogens is 164 g/mol. The minimum Gasteiger partial charge on any atom is -0.332 e. The van der Waals surface area contributed by atoms with Gasteiger partial charge in [-0.3, -0.25) is 4.79 Å². The van der Waals surface area contributed by atoms with E-state index in [1.165, 1.54) is 0 Å². The normalized spacial score (nSPS) is 16.5. The van der Waals surface area contributed by atoms with E-state index in [-0.39, 0.29) is 5.78 Å². The van der Waals surface area contributed by atoms with Crippen LogP contribution in [0.2, 0.25) is 0 Å². The number of ketones is 1. The summed E-state index contributed by atoms with van der Waals surface area (Å²) in [5.74, 6) is 1.21. The molecule has 0 unspecified atom stereocenters. The smallest absolute Gasteiger partial charge is 0.156 e. The monoisotopic (exact) mass is 176 g/mol. The summed E-state index contributed by atoms with van der Waals surface area (Å²) in [5.41, 5.74) is 2.19. The molecule has 0 aliphatic heterocycles. The third kappa shape index (κ3) is 1.30. The van der Waals surface area contributed by atoms with Crippen LogP contribution in [0.3, 0.4) is 0 Å². The summed E-state index contributed by atoms with van der Waals surface area (Å²) in [5, 5.41) is 0. The molecule has 1 aliphatic rings. The Kier molecular flexibility index (Phi) is 1.79. The van der Waals surface area contributed by atoms with Crippen molar-refractivity contribution in [2.45, 2.75) is 19.8 Å². The first-order valence-electron chi connectivity index (χ1n) is 4.40. The summed E-state index contributed by atoms with van der Waals surface area (Å²) in [7, 11) is 1.97. The topological polar surface area (TPSA) is 34.9 Å². The van der Waals surface area contributed by atoms with Crippen LogP contribution in [0.1, 0.15) is 24.4 Å². The molecular formula is C10H12N2O. The van der Waals surface area contributed by atoms with Gasteiger partial charge in [-0.1, -0.05) is 0 Å². The molecule has 0 saturated carbocycles. The molecule has 0 fully saturated rings. The van der Waals surface area contributed by atoms with Crippen LogP contribution >= 0.6 is 0 Å². The van der Waals surface area contributed by atoms with E-state index in [9.17, 15) is 4.79 Å². The molecule has 68 valence electrons. The van der Waals surface area contributed by atoms with Crippen LogP contribution in [0.25, 0.3) is 5.57 Å². The molecule has 0 radical (unpaired) electrons. The van der Waals surface area contributed by atoms with Gasteiger partial charge in [-0.15, -0.1) is 0 Å². The number of carbonyl (C=O) groups excluding carboxylic acids is 1. The highest BCUT2D eigenvalue weighted by molar-refractivity contribution is 6.01. The van der Waals surface area contributed by atoms with Gasteiger partial charge in [-0.2, -0.15) is 0 Å². The first kappa shape index (κ1) is 8.23. The fourth-order valence-corrected chi connectivity index (χ4v) is 1.60. The third-order valence-corrected chi connectivity index (χ3v) is 2.53. The van der Waals surface area contributed by atoms with Gasteiger partial charge in [-0.25, -0.2) is 4.98 Å². The molecule has 0 bridgehead atoms. The van der Waals surface area contributed by atoms with Crippen LogP contribution in [0.5, 0.6) is 0 Å². The predicted molar refractivity (Wildman–Crippen MR) is 50.2 cm³/mol. The minimum atomic E-state index is 0.230. The lowest BCUT2D eigenvalue weighted by molar-refractivity contribution is -0.114. The number of rotatable bonds is 1. The Hall–Kier alpha value is -1.38. The van der Waals surface area contributed by atoms with E-state index in [0.29, 0.717) is 6.42 Å². The third-order valence-electron chi connectivity index (χ3n) is 2.53. The van der Waals surface area contributed by atoms with Crippen LogP contribution in [0.4, 0.5) is 0 Å².